The number of aryl methyl sites for hydroxylation is 1. The Hall–Kier alpha value is -1.30. The zero-order chi connectivity index (χ0) is 14.5. The molecule has 2 N–H and O–H groups in total. The van der Waals surface area contributed by atoms with Crippen molar-refractivity contribution in [2.45, 2.75) is 45.2 Å². The van der Waals surface area contributed by atoms with Crippen molar-refractivity contribution in [2.75, 3.05) is 5.75 Å². The number of H-pyrrole nitrogens is 1. The molecular formula is C13H20N2O3S. The zero-order valence-electron chi connectivity index (χ0n) is 11.5. The van der Waals surface area contributed by atoms with Crippen LogP contribution in [0.3, 0.4) is 0 Å². The average molecular weight is 284 g/mol. The van der Waals surface area contributed by atoms with Crippen molar-refractivity contribution in [3.05, 3.63) is 22.1 Å². The molecule has 0 unspecified atom stereocenters. The molecule has 19 heavy (non-hydrogen) atoms. The minimum Gasteiger partial charge on any atom is -0.481 e. The van der Waals surface area contributed by atoms with Crippen LogP contribution in [-0.2, 0) is 11.2 Å². The summed E-state index contributed by atoms with van der Waals surface area (Å²) in [5, 5.41) is 9.58. The highest BCUT2D eigenvalue weighted by Gasteiger charge is 2.26. The quantitative estimate of drug-likeness (QED) is 0.593. The van der Waals surface area contributed by atoms with Crippen molar-refractivity contribution >= 4 is 17.7 Å². The number of aromatic amines is 1. The smallest absolute Gasteiger partial charge is 0.309 e. The van der Waals surface area contributed by atoms with Crippen LogP contribution in [0.4, 0.5) is 0 Å². The summed E-state index contributed by atoms with van der Waals surface area (Å²) in [6, 6.07) is 1.51. The molecule has 0 bridgehead atoms. The maximum atomic E-state index is 11.5. The van der Waals surface area contributed by atoms with Gasteiger partial charge in [-0.05, 0) is 26.7 Å². The summed E-state index contributed by atoms with van der Waals surface area (Å²) in [4.78, 5) is 29.4. The van der Waals surface area contributed by atoms with Gasteiger partial charge in [-0.2, -0.15) is 0 Å². The summed E-state index contributed by atoms with van der Waals surface area (Å²) in [6.07, 6.45) is 2.24. The van der Waals surface area contributed by atoms with Crippen LogP contribution in [0.15, 0.2) is 16.0 Å². The fourth-order valence-corrected chi connectivity index (χ4v) is 2.61. The van der Waals surface area contributed by atoms with E-state index in [2.05, 4.69) is 9.97 Å². The summed E-state index contributed by atoms with van der Waals surface area (Å²) in [5.74, 6) is -0.202. The molecule has 5 nitrogen and oxygen atoms in total. The summed E-state index contributed by atoms with van der Waals surface area (Å²) >= 11 is 1.39. The third kappa shape index (κ3) is 5.06. The van der Waals surface area contributed by atoms with Crippen molar-refractivity contribution in [2.24, 2.45) is 5.41 Å². The van der Waals surface area contributed by atoms with Gasteiger partial charge in [0, 0.05) is 17.5 Å². The average Bonchev–Trinajstić information content (AvgIpc) is 2.28. The van der Waals surface area contributed by atoms with Crippen molar-refractivity contribution < 1.29 is 9.90 Å². The summed E-state index contributed by atoms with van der Waals surface area (Å²) < 4.78 is 0. The van der Waals surface area contributed by atoms with E-state index in [1.807, 2.05) is 6.92 Å². The Balaban J connectivity index is 2.63. The number of rotatable bonds is 7. The molecule has 106 valence electrons. The first-order chi connectivity index (χ1) is 8.85. The van der Waals surface area contributed by atoms with Crippen LogP contribution in [-0.4, -0.2) is 26.8 Å². The molecular weight excluding hydrogens is 264 g/mol. The van der Waals surface area contributed by atoms with Gasteiger partial charge in [0.2, 0.25) is 0 Å². The Morgan fingerprint density at radius 2 is 2.21 bits per heavy atom. The van der Waals surface area contributed by atoms with Gasteiger partial charge < -0.3 is 10.1 Å². The lowest BCUT2D eigenvalue weighted by Gasteiger charge is -2.17. The molecule has 1 aromatic heterocycles. The predicted molar refractivity (Wildman–Crippen MR) is 75.6 cm³/mol. The Kier molecular flexibility index (Phi) is 5.60. The molecule has 0 aromatic carbocycles. The van der Waals surface area contributed by atoms with Crippen molar-refractivity contribution in [3.8, 4) is 0 Å². The van der Waals surface area contributed by atoms with E-state index < -0.39 is 11.4 Å². The van der Waals surface area contributed by atoms with Gasteiger partial charge in [-0.15, -0.1) is 0 Å². The van der Waals surface area contributed by atoms with Gasteiger partial charge in [0.05, 0.1) is 5.41 Å². The van der Waals surface area contributed by atoms with Crippen molar-refractivity contribution in [1.82, 2.24) is 9.97 Å². The minimum atomic E-state index is -0.811. The SMILES string of the molecule is CCCc1cc(=O)[nH]c(SCCC(C)(C)C(=O)O)n1. The van der Waals surface area contributed by atoms with Crippen molar-refractivity contribution in [1.29, 1.82) is 0 Å². The molecule has 0 spiro atoms. The summed E-state index contributed by atoms with van der Waals surface area (Å²) in [7, 11) is 0. The monoisotopic (exact) mass is 284 g/mol. The Morgan fingerprint density at radius 3 is 2.79 bits per heavy atom. The summed E-state index contributed by atoms with van der Waals surface area (Å²) in [5.41, 5.74) is -0.126. The molecule has 1 heterocycles. The highest BCUT2D eigenvalue weighted by atomic mass is 32.2. The van der Waals surface area contributed by atoms with Gasteiger partial charge in [0.1, 0.15) is 0 Å². The molecule has 0 saturated carbocycles. The molecule has 0 aliphatic rings. The first-order valence-electron chi connectivity index (χ1n) is 6.31. The van der Waals surface area contributed by atoms with Crippen LogP contribution >= 0.6 is 11.8 Å². The second kappa shape index (κ2) is 6.75. The van der Waals surface area contributed by atoms with E-state index in [1.165, 1.54) is 17.8 Å². The van der Waals surface area contributed by atoms with E-state index in [1.54, 1.807) is 13.8 Å². The number of carbonyl (C=O) groups is 1. The standard InChI is InChI=1S/C13H20N2O3S/c1-4-5-9-8-10(16)15-12(14-9)19-7-6-13(2,3)11(17)18/h8H,4-7H2,1-3H3,(H,17,18)(H,14,15,16). The minimum absolute atomic E-state index is 0.154. The highest BCUT2D eigenvalue weighted by molar-refractivity contribution is 7.99. The maximum absolute atomic E-state index is 11.5. The lowest BCUT2D eigenvalue weighted by molar-refractivity contribution is -0.146. The second-order valence-corrected chi connectivity index (χ2v) is 6.16. The fourth-order valence-electron chi connectivity index (χ4n) is 1.45. The second-order valence-electron chi connectivity index (χ2n) is 5.08. The molecule has 6 heteroatoms. The number of aliphatic carboxylic acids is 1. The largest absolute Gasteiger partial charge is 0.481 e. The number of thioether (sulfide) groups is 1. The molecule has 0 amide bonds. The van der Waals surface area contributed by atoms with Crippen LogP contribution in [0.5, 0.6) is 0 Å². The zero-order valence-corrected chi connectivity index (χ0v) is 12.3. The Labute approximate surface area is 116 Å². The fraction of sp³-hybridized carbons (Fsp3) is 0.615. The van der Waals surface area contributed by atoms with E-state index in [4.69, 9.17) is 5.11 Å². The van der Waals surface area contributed by atoms with Gasteiger partial charge in [-0.1, -0.05) is 25.1 Å². The molecule has 0 aliphatic heterocycles. The first-order valence-corrected chi connectivity index (χ1v) is 7.30. The van der Waals surface area contributed by atoms with Crippen LogP contribution in [0.2, 0.25) is 0 Å². The molecule has 1 aromatic rings. The predicted octanol–water partition coefficient (Wildman–Crippen LogP) is 2.32. The molecule has 0 aliphatic carbocycles. The lowest BCUT2D eigenvalue weighted by Crippen LogP contribution is -2.24. The van der Waals surface area contributed by atoms with Gasteiger partial charge in [0.25, 0.3) is 5.56 Å². The number of hydrogen-bond donors (Lipinski definition) is 2. The van der Waals surface area contributed by atoms with Crippen LogP contribution in [0, 0.1) is 5.41 Å². The number of aromatic nitrogens is 2. The number of carboxylic acids is 1. The number of nitrogens with zero attached hydrogens (tertiary/aromatic N) is 1. The number of hydrogen-bond acceptors (Lipinski definition) is 4. The molecule has 0 atom stereocenters. The third-order valence-electron chi connectivity index (χ3n) is 2.82. The van der Waals surface area contributed by atoms with E-state index in [0.29, 0.717) is 17.3 Å². The third-order valence-corrected chi connectivity index (χ3v) is 3.70. The van der Waals surface area contributed by atoms with Crippen molar-refractivity contribution in [3.63, 3.8) is 0 Å². The van der Waals surface area contributed by atoms with Gasteiger partial charge >= 0.3 is 5.97 Å². The van der Waals surface area contributed by atoms with Crippen LogP contribution in [0.25, 0.3) is 0 Å². The maximum Gasteiger partial charge on any atom is 0.309 e. The number of nitrogens with one attached hydrogen (secondary N) is 1. The van der Waals surface area contributed by atoms with E-state index in [9.17, 15) is 9.59 Å². The molecule has 0 fully saturated rings. The Bertz CT molecular complexity index is 497. The highest BCUT2D eigenvalue weighted by Crippen LogP contribution is 2.25. The topological polar surface area (TPSA) is 83.0 Å². The normalized spacial score (nSPS) is 11.5. The van der Waals surface area contributed by atoms with Crippen LogP contribution < -0.4 is 5.56 Å². The van der Waals surface area contributed by atoms with Gasteiger partial charge in [0.15, 0.2) is 5.16 Å². The van der Waals surface area contributed by atoms with Gasteiger partial charge in [-0.25, -0.2) is 4.98 Å². The van der Waals surface area contributed by atoms with E-state index >= 15 is 0 Å². The molecule has 0 radical (unpaired) electrons. The number of carboxylic acid groups (broad SMARTS) is 1. The molecule has 0 saturated heterocycles. The van der Waals surface area contributed by atoms with E-state index in [0.717, 1.165) is 18.5 Å². The van der Waals surface area contributed by atoms with Gasteiger partial charge in [-0.3, -0.25) is 9.59 Å². The summed E-state index contributed by atoms with van der Waals surface area (Å²) in [6.45, 7) is 5.42. The van der Waals surface area contributed by atoms with E-state index in [-0.39, 0.29) is 5.56 Å². The lowest BCUT2D eigenvalue weighted by atomic mass is 9.91. The first kappa shape index (κ1) is 15.8. The Morgan fingerprint density at radius 1 is 1.53 bits per heavy atom. The molecule has 1 rings (SSSR count). The van der Waals surface area contributed by atoms with Crippen LogP contribution in [0.1, 0.15) is 39.3 Å².